The second kappa shape index (κ2) is 9.35. The molecule has 0 bridgehead atoms. The van der Waals surface area contributed by atoms with Gasteiger partial charge in [0.25, 0.3) is 0 Å². The van der Waals surface area contributed by atoms with Crippen molar-refractivity contribution in [2.75, 3.05) is 13.2 Å². The van der Waals surface area contributed by atoms with Gasteiger partial charge in [-0.3, -0.25) is 0 Å². The third-order valence-corrected chi connectivity index (χ3v) is 3.23. The maximum Gasteiger partial charge on any atom is 0.0949 e. The smallest absolute Gasteiger partial charge is 0.0949 e. The van der Waals surface area contributed by atoms with Crippen LogP contribution in [-0.4, -0.2) is 19.2 Å². The Morgan fingerprint density at radius 2 is 2.05 bits per heavy atom. The summed E-state index contributed by atoms with van der Waals surface area (Å²) in [4.78, 5) is 0. The lowest BCUT2D eigenvalue weighted by Crippen LogP contribution is -2.29. The van der Waals surface area contributed by atoms with E-state index in [1.807, 2.05) is 18.2 Å². The Bertz CT molecular complexity index is 354. The maximum atomic E-state index is 6.06. The molecule has 0 aliphatic carbocycles. The molecule has 0 heterocycles. The Kier molecular flexibility index (Phi) is 8.11. The van der Waals surface area contributed by atoms with E-state index in [0.717, 1.165) is 30.2 Å². The molecule has 0 saturated heterocycles. The van der Waals surface area contributed by atoms with Crippen molar-refractivity contribution in [2.24, 2.45) is 0 Å². The van der Waals surface area contributed by atoms with Crippen LogP contribution in [0.5, 0.6) is 0 Å². The van der Waals surface area contributed by atoms with Crippen LogP contribution >= 0.6 is 11.6 Å². The van der Waals surface area contributed by atoms with Crippen LogP contribution in [0, 0.1) is 0 Å². The molecule has 1 aromatic rings. The second-order valence-electron chi connectivity index (χ2n) is 5.18. The first-order chi connectivity index (χ1) is 9.13. The summed E-state index contributed by atoms with van der Waals surface area (Å²) >= 11 is 6.06. The molecular formula is C16H26ClNO. The monoisotopic (exact) mass is 283 g/mol. The molecule has 3 heteroatoms. The molecule has 1 aromatic carbocycles. The number of benzene rings is 1. The second-order valence-corrected chi connectivity index (χ2v) is 5.62. The lowest BCUT2D eigenvalue weighted by atomic mass is 10.1. The van der Waals surface area contributed by atoms with Crippen molar-refractivity contribution in [2.45, 2.75) is 52.2 Å². The molecule has 0 amide bonds. The molecule has 0 spiro atoms. The molecule has 108 valence electrons. The van der Waals surface area contributed by atoms with Gasteiger partial charge < -0.3 is 10.1 Å². The van der Waals surface area contributed by atoms with E-state index in [-0.39, 0.29) is 6.10 Å². The van der Waals surface area contributed by atoms with Gasteiger partial charge in [-0.05, 0) is 24.1 Å². The van der Waals surface area contributed by atoms with Crippen LogP contribution in [0.2, 0.25) is 5.02 Å². The number of ether oxygens (including phenoxy) is 1. The Morgan fingerprint density at radius 3 is 2.68 bits per heavy atom. The van der Waals surface area contributed by atoms with Gasteiger partial charge in [0, 0.05) is 24.2 Å². The lowest BCUT2D eigenvalue weighted by molar-refractivity contribution is 0.0488. The molecule has 0 fully saturated rings. The normalized spacial score (nSPS) is 12.9. The van der Waals surface area contributed by atoms with Crippen LogP contribution in [0.1, 0.15) is 51.7 Å². The predicted octanol–water partition coefficient (Wildman–Crippen LogP) is 4.59. The van der Waals surface area contributed by atoms with E-state index in [1.165, 1.54) is 12.8 Å². The van der Waals surface area contributed by atoms with E-state index in [4.69, 9.17) is 16.3 Å². The fourth-order valence-electron chi connectivity index (χ4n) is 1.90. The van der Waals surface area contributed by atoms with Crippen molar-refractivity contribution in [3.05, 3.63) is 34.9 Å². The molecule has 0 aliphatic heterocycles. The molecule has 19 heavy (non-hydrogen) atoms. The van der Waals surface area contributed by atoms with Crippen LogP contribution in [0.15, 0.2) is 24.3 Å². The molecule has 1 unspecified atom stereocenters. The average molecular weight is 284 g/mol. The first-order valence-electron chi connectivity index (χ1n) is 7.24. The first kappa shape index (κ1) is 16.5. The van der Waals surface area contributed by atoms with E-state index in [9.17, 15) is 0 Å². The highest BCUT2D eigenvalue weighted by atomic mass is 35.5. The van der Waals surface area contributed by atoms with Crippen LogP contribution in [-0.2, 0) is 4.74 Å². The maximum absolute atomic E-state index is 6.06. The molecule has 0 radical (unpaired) electrons. The summed E-state index contributed by atoms with van der Waals surface area (Å²) in [6, 6.07) is 8.41. The molecule has 1 rings (SSSR count). The fourth-order valence-corrected chi connectivity index (χ4v) is 2.10. The van der Waals surface area contributed by atoms with Crippen molar-refractivity contribution >= 4 is 11.6 Å². The average Bonchev–Trinajstić information content (AvgIpc) is 2.37. The van der Waals surface area contributed by atoms with Gasteiger partial charge in [0.1, 0.15) is 0 Å². The largest absolute Gasteiger partial charge is 0.372 e. The highest BCUT2D eigenvalue weighted by Crippen LogP contribution is 2.21. The standard InChI is InChI=1S/C16H26ClNO/c1-4-5-6-10-19-16(12-18-13(2)3)14-8-7-9-15(17)11-14/h7-9,11,13,16,18H,4-6,10,12H2,1-3H3. The minimum absolute atomic E-state index is 0.0814. The van der Waals surface area contributed by atoms with Crippen LogP contribution in [0.25, 0.3) is 0 Å². The zero-order chi connectivity index (χ0) is 14.1. The van der Waals surface area contributed by atoms with Gasteiger partial charge in [-0.1, -0.05) is 57.3 Å². The topological polar surface area (TPSA) is 21.3 Å². The van der Waals surface area contributed by atoms with Crippen LogP contribution in [0.4, 0.5) is 0 Å². The lowest BCUT2D eigenvalue weighted by Gasteiger charge is -2.20. The Hall–Kier alpha value is -0.570. The summed E-state index contributed by atoms with van der Waals surface area (Å²) in [5.74, 6) is 0. The summed E-state index contributed by atoms with van der Waals surface area (Å²) in [5, 5.41) is 4.20. The first-order valence-corrected chi connectivity index (χ1v) is 7.61. The van der Waals surface area contributed by atoms with Gasteiger partial charge >= 0.3 is 0 Å². The zero-order valence-electron chi connectivity index (χ0n) is 12.3. The van der Waals surface area contributed by atoms with Gasteiger partial charge in [-0.25, -0.2) is 0 Å². The molecule has 0 aromatic heterocycles. The van der Waals surface area contributed by atoms with Crippen LogP contribution < -0.4 is 5.32 Å². The van der Waals surface area contributed by atoms with Crippen LogP contribution in [0.3, 0.4) is 0 Å². The number of nitrogens with one attached hydrogen (secondary N) is 1. The molecular weight excluding hydrogens is 258 g/mol. The van der Waals surface area contributed by atoms with Gasteiger partial charge in [-0.2, -0.15) is 0 Å². The van der Waals surface area contributed by atoms with Crippen molar-refractivity contribution in [1.82, 2.24) is 5.32 Å². The summed E-state index contributed by atoms with van der Waals surface area (Å²) in [6.45, 7) is 8.13. The van der Waals surface area contributed by atoms with Crippen molar-refractivity contribution < 1.29 is 4.74 Å². The molecule has 1 atom stereocenters. The number of unbranched alkanes of at least 4 members (excludes halogenated alkanes) is 2. The van der Waals surface area contributed by atoms with Gasteiger partial charge in [0.15, 0.2) is 0 Å². The Morgan fingerprint density at radius 1 is 1.26 bits per heavy atom. The summed E-state index contributed by atoms with van der Waals surface area (Å²) in [5.41, 5.74) is 1.15. The number of hydrogen-bond acceptors (Lipinski definition) is 2. The quantitative estimate of drug-likeness (QED) is 0.670. The number of halogens is 1. The third-order valence-electron chi connectivity index (χ3n) is 3.00. The fraction of sp³-hybridized carbons (Fsp3) is 0.625. The molecule has 0 saturated carbocycles. The SMILES string of the molecule is CCCCCOC(CNC(C)C)c1cccc(Cl)c1. The van der Waals surface area contributed by atoms with E-state index in [1.54, 1.807) is 0 Å². The van der Waals surface area contributed by atoms with Crippen molar-refractivity contribution in [3.63, 3.8) is 0 Å². The zero-order valence-corrected chi connectivity index (χ0v) is 13.0. The van der Waals surface area contributed by atoms with Crippen molar-refractivity contribution in [3.8, 4) is 0 Å². The summed E-state index contributed by atoms with van der Waals surface area (Å²) in [7, 11) is 0. The molecule has 2 nitrogen and oxygen atoms in total. The molecule has 0 aliphatic rings. The summed E-state index contributed by atoms with van der Waals surface area (Å²) in [6.07, 6.45) is 3.64. The minimum Gasteiger partial charge on any atom is -0.372 e. The Balaban J connectivity index is 2.57. The highest BCUT2D eigenvalue weighted by molar-refractivity contribution is 6.30. The Labute approximate surface area is 122 Å². The summed E-state index contributed by atoms with van der Waals surface area (Å²) < 4.78 is 6.01. The van der Waals surface area contributed by atoms with E-state index in [0.29, 0.717) is 6.04 Å². The van der Waals surface area contributed by atoms with Gasteiger partial charge in [-0.15, -0.1) is 0 Å². The van der Waals surface area contributed by atoms with Crippen molar-refractivity contribution in [1.29, 1.82) is 0 Å². The van der Waals surface area contributed by atoms with E-state index < -0.39 is 0 Å². The number of hydrogen-bond donors (Lipinski definition) is 1. The van der Waals surface area contributed by atoms with E-state index >= 15 is 0 Å². The van der Waals surface area contributed by atoms with Gasteiger partial charge in [0.2, 0.25) is 0 Å². The predicted molar refractivity (Wildman–Crippen MR) is 82.8 cm³/mol. The molecule has 1 N–H and O–H groups in total. The van der Waals surface area contributed by atoms with Gasteiger partial charge in [0.05, 0.1) is 6.10 Å². The highest BCUT2D eigenvalue weighted by Gasteiger charge is 2.12. The number of rotatable bonds is 9. The van der Waals surface area contributed by atoms with E-state index in [2.05, 4.69) is 32.2 Å². The third kappa shape index (κ3) is 6.95. The minimum atomic E-state index is 0.0814.